The van der Waals surface area contributed by atoms with Crippen molar-refractivity contribution < 1.29 is 13.2 Å². The second kappa shape index (κ2) is 4.20. The van der Waals surface area contributed by atoms with Crippen molar-refractivity contribution in [3.05, 3.63) is 41.7 Å². The van der Waals surface area contributed by atoms with Gasteiger partial charge in [-0.3, -0.25) is 0 Å². The van der Waals surface area contributed by atoms with Gasteiger partial charge >= 0.3 is 6.18 Å². The normalized spacial score (nSPS) is 11.8. The van der Waals surface area contributed by atoms with Crippen molar-refractivity contribution in [2.45, 2.75) is 19.5 Å². The second-order valence-electron chi connectivity index (χ2n) is 3.46. The molecule has 6 heteroatoms. The minimum absolute atomic E-state index is 0.338. The van der Waals surface area contributed by atoms with Crippen LogP contribution in [0, 0.1) is 6.20 Å². The Balaban J connectivity index is 2.47. The van der Waals surface area contributed by atoms with Crippen molar-refractivity contribution in [2.75, 3.05) is 0 Å². The molecule has 2 rings (SSSR count). The van der Waals surface area contributed by atoms with E-state index in [0.29, 0.717) is 17.8 Å². The van der Waals surface area contributed by atoms with Gasteiger partial charge in [0.25, 0.3) is 0 Å². The van der Waals surface area contributed by atoms with Gasteiger partial charge in [-0.25, -0.2) is 4.68 Å². The van der Waals surface area contributed by atoms with E-state index in [1.807, 2.05) is 6.92 Å². The van der Waals surface area contributed by atoms with Crippen LogP contribution in [0.1, 0.15) is 18.2 Å². The first kappa shape index (κ1) is 11.6. The molecule has 0 aliphatic rings. The Bertz CT molecular complexity index is 517. The van der Waals surface area contributed by atoms with Crippen LogP contribution in [0.3, 0.4) is 0 Å². The molecular formula is C11H9F3N3. The van der Waals surface area contributed by atoms with Crippen LogP contribution >= 0.6 is 0 Å². The van der Waals surface area contributed by atoms with Gasteiger partial charge in [-0.05, 0) is 24.6 Å². The number of aromatic nitrogens is 3. The summed E-state index contributed by atoms with van der Waals surface area (Å²) in [6.07, 6.45) is -1.12. The van der Waals surface area contributed by atoms with Gasteiger partial charge in [0, 0.05) is 0 Å². The number of hydrogen-bond donors (Lipinski definition) is 0. The number of alkyl halides is 3. The standard InChI is InChI=1S/C11H9F3N3/c1-2-9-7-15-16-17(9)10-5-3-4-8(6-10)11(12,13)14/h3-6H,2H2,1H3. The summed E-state index contributed by atoms with van der Waals surface area (Å²) in [6, 6.07) is 4.97. The molecule has 17 heavy (non-hydrogen) atoms. The maximum Gasteiger partial charge on any atom is 0.416 e. The van der Waals surface area contributed by atoms with Crippen molar-refractivity contribution in [2.24, 2.45) is 0 Å². The Kier molecular flexibility index (Phi) is 2.87. The molecule has 1 radical (unpaired) electrons. The summed E-state index contributed by atoms with van der Waals surface area (Å²) < 4.78 is 39.0. The van der Waals surface area contributed by atoms with Crippen LogP contribution in [0.5, 0.6) is 0 Å². The Hall–Kier alpha value is -1.85. The number of nitrogens with zero attached hydrogens (tertiary/aromatic N) is 3. The lowest BCUT2D eigenvalue weighted by Gasteiger charge is -2.09. The zero-order chi connectivity index (χ0) is 12.5. The Morgan fingerprint density at radius 3 is 2.76 bits per heavy atom. The molecule has 0 saturated carbocycles. The number of halogens is 3. The predicted octanol–water partition coefficient (Wildman–Crippen LogP) is 2.65. The fourth-order valence-electron chi connectivity index (χ4n) is 1.48. The molecule has 89 valence electrons. The summed E-state index contributed by atoms with van der Waals surface area (Å²) in [7, 11) is 0. The predicted molar refractivity (Wildman–Crippen MR) is 54.6 cm³/mol. The summed E-state index contributed by atoms with van der Waals surface area (Å²) in [6.45, 7) is 1.86. The van der Waals surface area contributed by atoms with Crippen molar-refractivity contribution in [3.8, 4) is 5.69 Å². The number of aryl methyl sites for hydroxylation is 1. The molecule has 0 unspecified atom stereocenters. The summed E-state index contributed by atoms with van der Waals surface area (Å²) in [5, 5.41) is 7.29. The van der Waals surface area contributed by atoms with Crippen LogP contribution in [-0.2, 0) is 12.6 Å². The van der Waals surface area contributed by atoms with E-state index in [2.05, 4.69) is 16.5 Å². The number of hydrogen-bond acceptors (Lipinski definition) is 2. The molecule has 0 N–H and O–H groups in total. The molecule has 0 aliphatic carbocycles. The SMILES string of the molecule is CCc1[c]nnn1-c1cccc(C(F)(F)F)c1. The van der Waals surface area contributed by atoms with E-state index in [4.69, 9.17) is 0 Å². The number of rotatable bonds is 2. The second-order valence-corrected chi connectivity index (χ2v) is 3.46. The molecule has 0 atom stereocenters. The fraction of sp³-hybridized carbons (Fsp3) is 0.273. The Morgan fingerprint density at radius 1 is 1.35 bits per heavy atom. The largest absolute Gasteiger partial charge is 0.416 e. The summed E-state index contributed by atoms with van der Waals surface area (Å²) >= 11 is 0. The van der Waals surface area contributed by atoms with Crippen molar-refractivity contribution in [1.82, 2.24) is 15.0 Å². The molecule has 0 spiro atoms. The lowest BCUT2D eigenvalue weighted by atomic mass is 10.2. The fourth-order valence-corrected chi connectivity index (χ4v) is 1.48. The minimum Gasteiger partial charge on any atom is -0.217 e. The van der Waals surface area contributed by atoms with E-state index < -0.39 is 11.7 Å². The molecule has 0 aliphatic heterocycles. The van der Waals surface area contributed by atoms with Gasteiger partial charge < -0.3 is 0 Å². The van der Waals surface area contributed by atoms with Crippen LogP contribution in [-0.4, -0.2) is 15.0 Å². The molecule has 0 bridgehead atoms. The highest BCUT2D eigenvalue weighted by molar-refractivity contribution is 5.37. The monoisotopic (exact) mass is 240 g/mol. The lowest BCUT2D eigenvalue weighted by molar-refractivity contribution is -0.137. The molecule has 0 saturated heterocycles. The number of benzene rings is 1. The van der Waals surface area contributed by atoms with Gasteiger partial charge in [-0.1, -0.05) is 18.2 Å². The zero-order valence-corrected chi connectivity index (χ0v) is 8.99. The smallest absolute Gasteiger partial charge is 0.217 e. The molecular weight excluding hydrogens is 231 g/mol. The molecule has 0 fully saturated rings. The van der Waals surface area contributed by atoms with Crippen molar-refractivity contribution in [1.29, 1.82) is 0 Å². The first-order valence-corrected chi connectivity index (χ1v) is 5.02. The van der Waals surface area contributed by atoms with Crippen LogP contribution in [0.2, 0.25) is 0 Å². The Morgan fingerprint density at radius 2 is 2.12 bits per heavy atom. The average Bonchev–Trinajstić information content (AvgIpc) is 2.76. The topological polar surface area (TPSA) is 30.7 Å². The van der Waals surface area contributed by atoms with Crippen molar-refractivity contribution >= 4 is 0 Å². The molecule has 1 aromatic heterocycles. The van der Waals surface area contributed by atoms with Crippen LogP contribution in [0.15, 0.2) is 24.3 Å². The van der Waals surface area contributed by atoms with E-state index in [1.54, 1.807) is 6.07 Å². The molecule has 1 aromatic carbocycles. The highest BCUT2D eigenvalue weighted by Crippen LogP contribution is 2.30. The third-order valence-electron chi connectivity index (χ3n) is 2.32. The van der Waals surface area contributed by atoms with E-state index in [9.17, 15) is 13.2 Å². The minimum atomic E-state index is -4.35. The zero-order valence-electron chi connectivity index (χ0n) is 8.99. The molecule has 1 heterocycles. The van der Waals surface area contributed by atoms with E-state index in [-0.39, 0.29) is 0 Å². The Labute approximate surface area is 95.9 Å². The average molecular weight is 240 g/mol. The van der Waals surface area contributed by atoms with E-state index in [1.165, 1.54) is 10.7 Å². The summed E-state index contributed by atoms with van der Waals surface area (Å²) in [4.78, 5) is 0. The summed E-state index contributed by atoms with van der Waals surface area (Å²) in [5.74, 6) is 0. The van der Waals surface area contributed by atoms with Crippen LogP contribution < -0.4 is 0 Å². The highest BCUT2D eigenvalue weighted by Gasteiger charge is 2.30. The maximum absolute atomic E-state index is 12.5. The molecule has 2 aromatic rings. The van der Waals surface area contributed by atoms with Gasteiger partial charge in [-0.15, -0.1) is 5.10 Å². The van der Waals surface area contributed by atoms with Crippen LogP contribution in [0.4, 0.5) is 13.2 Å². The van der Waals surface area contributed by atoms with Gasteiger partial charge in [-0.2, -0.15) is 13.2 Å². The third kappa shape index (κ3) is 2.30. The quantitative estimate of drug-likeness (QED) is 0.807. The highest BCUT2D eigenvalue weighted by atomic mass is 19.4. The van der Waals surface area contributed by atoms with Gasteiger partial charge in [0.15, 0.2) is 0 Å². The molecule has 0 amide bonds. The first-order chi connectivity index (χ1) is 8.02. The van der Waals surface area contributed by atoms with E-state index >= 15 is 0 Å². The van der Waals surface area contributed by atoms with Gasteiger partial charge in [0.1, 0.15) is 6.20 Å². The van der Waals surface area contributed by atoms with Gasteiger partial charge in [0.2, 0.25) is 0 Å². The summed E-state index contributed by atoms with van der Waals surface area (Å²) in [5.41, 5.74) is 0.280. The molecule has 3 nitrogen and oxygen atoms in total. The van der Waals surface area contributed by atoms with Crippen LogP contribution in [0.25, 0.3) is 5.69 Å². The van der Waals surface area contributed by atoms with Crippen molar-refractivity contribution in [3.63, 3.8) is 0 Å². The van der Waals surface area contributed by atoms with Gasteiger partial charge in [0.05, 0.1) is 16.9 Å². The lowest BCUT2D eigenvalue weighted by Crippen LogP contribution is -2.07. The third-order valence-corrected chi connectivity index (χ3v) is 2.32. The maximum atomic E-state index is 12.5. The van der Waals surface area contributed by atoms with E-state index in [0.717, 1.165) is 12.1 Å². The first-order valence-electron chi connectivity index (χ1n) is 5.02.